The Balaban J connectivity index is 1.49. The van der Waals surface area contributed by atoms with Crippen molar-refractivity contribution in [2.24, 2.45) is 0 Å². The molecule has 27 heavy (non-hydrogen) atoms. The van der Waals surface area contributed by atoms with Gasteiger partial charge in [-0.25, -0.2) is 9.97 Å². The number of aromatic nitrogens is 4. The number of ether oxygens (including phenoxy) is 1. The third-order valence-electron chi connectivity index (χ3n) is 5.16. The van der Waals surface area contributed by atoms with E-state index in [2.05, 4.69) is 26.9 Å². The lowest BCUT2D eigenvalue weighted by Crippen LogP contribution is -2.49. The standard InChI is InChI=1S/C18H25N7O2/c1-3-25-10-14(9-21-25)15-11-24(6-7-27-15)17-8-16(19-13-20-17)23-5-4-22(2)18(26)12-23/h8-10,13,15H,3-7,11-12H2,1-2H3. The highest BCUT2D eigenvalue weighted by molar-refractivity contribution is 5.82. The molecule has 1 amide bonds. The topological polar surface area (TPSA) is 79.6 Å². The second-order valence-corrected chi connectivity index (χ2v) is 6.91. The normalized spacial score (nSPS) is 21.0. The fourth-order valence-corrected chi connectivity index (χ4v) is 3.41. The molecule has 2 saturated heterocycles. The summed E-state index contributed by atoms with van der Waals surface area (Å²) in [5, 5.41) is 4.35. The van der Waals surface area contributed by atoms with Gasteiger partial charge in [0.2, 0.25) is 5.91 Å². The lowest BCUT2D eigenvalue weighted by molar-refractivity contribution is -0.129. The number of amides is 1. The van der Waals surface area contributed by atoms with Crippen LogP contribution in [0.5, 0.6) is 0 Å². The van der Waals surface area contributed by atoms with Gasteiger partial charge in [0, 0.05) is 57.6 Å². The van der Waals surface area contributed by atoms with E-state index in [0.29, 0.717) is 26.2 Å². The van der Waals surface area contributed by atoms with Gasteiger partial charge in [0.05, 0.1) is 19.3 Å². The van der Waals surface area contributed by atoms with Crippen LogP contribution in [-0.2, 0) is 16.1 Å². The highest BCUT2D eigenvalue weighted by Crippen LogP contribution is 2.26. The maximum atomic E-state index is 12.0. The van der Waals surface area contributed by atoms with Crippen molar-refractivity contribution in [2.45, 2.75) is 19.6 Å². The van der Waals surface area contributed by atoms with Crippen LogP contribution in [0.15, 0.2) is 24.8 Å². The number of nitrogens with zero attached hydrogens (tertiary/aromatic N) is 7. The molecule has 2 aromatic rings. The zero-order valence-electron chi connectivity index (χ0n) is 15.8. The molecule has 0 spiro atoms. The van der Waals surface area contributed by atoms with Gasteiger partial charge in [-0.3, -0.25) is 9.48 Å². The van der Waals surface area contributed by atoms with Crippen molar-refractivity contribution in [3.8, 4) is 0 Å². The SMILES string of the molecule is CCn1cc(C2CN(c3cc(N4CCN(C)C(=O)C4)ncn3)CCO2)cn1. The summed E-state index contributed by atoms with van der Waals surface area (Å²) in [6.07, 6.45) is 5.46. The van der Waals surface area contributed by atoms with Crippen molar-refractivity contribution in [3.05, 3.63) is 30.4 Å². The summed E-state index contributed by atoms with van der Waals surface area (Å²) in [4.78, 5) is 26.8. The smallest absolute Gasteiger partial charge is 0.241 e. The van der Waals surface area contributed by atoms with Gasteiger partial charge in [0.1, 0.15) is 24.1 Å². The Morgan fingerprint density at radius 1 is 1.19 bits per heavy atom. The second kappa shape index (κ2) is 7.51. The highest BCUT2D eigenvalue weighted by Gasteiger charge is 2.26. The number of carbonyl (C=O) groups is 1. The molecular formula is C18H25N7O2. The number of likely N-dealkylation sites (N-methyl/N-ethyl adjacent to an activating group) is 1. The van der Waals surface area contributed by atoms with E-state index in [1.807, 2.05) is 35.1 Å². The van der Waals surface area contributed by atoms with E-state index in [1.54, 1.807) is 11.2 Å². The lowest BCUT2D eigenvalue weighted by Gasteiger charge is -2.35. The van der Waals surface area contributed by atoms with Crippen LogP contribution in [0.1, 0.15) is 18.6 Å². The fourth-order valence-electron chi connectivity index (χ4n) is 3.41. The molecule has 2 aromatic heterocycles. The molecule has 0 aliphatic carbocycles. The summed E-state index contributed by atoms with van der Waals surface area (Å²) >= 11 is 0. The van der Waals surface area contributed by atoms with Crippen LogP contribution in [0.4, 0.5) is 11.6 Å². The first-order valence-electron chi connectivity index (χ1n) is 9.34. The van der Waals surface area contributed by atoms with Crippen LogP contribution in [0.3, 0.4) is 0 Å². The first-order chi connectivity index (χ1) is 13.1. The minimum atomic E-state index is -0.0253. The summed E-state index contributed by atoms with van der Waals surface area (Å²) in [5.74, 6) is 1.77. The van der Waals surface area contributed by atoms with E-state index in [1.165, 1.54) is 0 Å². The lowest BCUT2D eigenvalue weighted by atomic mass is 10.1. The monoisotopic (exact) mass is 371 g/mol. The van der Waals surface area contributed by atoms with Crippen LogP contribution in [0.25, 0.3) is 0 Å². The Bertz CT molecular complexity index is 809. The van der Waals surface area contributed by atoms with Crippen LogP contribution in [0.2, 0.25) is 0 Å². The van der Waals surface area contributed by atoms with Gasteiger partial charge in [-0.15, -0.1) is 0 Å². The van der Waals surface area contributed by atoms with Gasteiger partial charge in [-0.1, -0.05) is 0 Å². The van der Waals surface area contributed by atoms with E-state index in [-0.39, 0.29) is 12.0 Å². The molecule has 2 fully saturated rings. The molecule has 0 bridgehead atoms. The quantitative estimate of drug-likeness (QED) is 0.776. The average Bonchev–Trinajstić information content (AvgIpc) is 3.20. The number of hydrogen-bond donors (Lipinski definition) is 0. The van der Waals surface area contributed by atoms with Crippen LogP contribution in [-0.4, -0.2) is 76.9 Å². The zero-order valence-corrected chi connectivity index (χ0v) is 15.8. The zero-order chi connectivity index (χ0) is 18.8. The number of morpholine rings is 1. The average molecular weight is 371 g/mol. The number of carbonyl (C=O) groups excluding carboxylic acids is 1. The fraction of sp³-hybridized carbons (Fsp3) is 0.556. The maximum Gasteiger partial charge on any atom is 0.241 e. The Kier molecular flexibility index (Phi) is 4.93. The highest BCUT2D eigenvalue weighted by atomic mass is 16.5. The molecule has 4 heterocycles. The van der Waals surface area contributed by atoms with Gasteiger partial charge in [-0.2, -0.15) is 5.10 Å². The van der Waals surface area contributed by atoms with Crippen molar-refractivity contribution in [3.63, 3.8) is 0 Å². The molecular weight excluding hydrogens is 346 g/mol. The molecule has 144 valence electrons. The number of aryl methyl sites for hydroxylation is 1. The van der Waals surface area contributed by atoms with E-state index in [9.17, 15) is 4.79 Å². The number of anilines is 2. The molecule has 9 heteroatoms. The van der Waals surface area contributed by atoms with Gasteiger partial charge < -0.3 is 19.4 Å². The Morgan fingerprint density at radius 3 is 2.74 bits per heavy atom. The number of rotatable bonds is 4. The van der Waals surface area contributed by atoms with Gasteiger partial charge in [-0.05, 0) is 6.92 Å². The van der Waals surface area contributed by atoms with E-state index in [4.69, 9.17) is 4.74 Å². The summed E-state index contributed by atoms with van der Waals surface area (Å²) in [6.45, 7) is 6.87. The molecule has 0 saturated carbocycles. The minimum absolute atomic E-state index is 0.0253. The predicted octanol–water partition coefficient (Wildman–Crippen LogP) is 0.549. The van der Waals surface area contributed by atoms with E-state index in [0.717, 1.165) is 36.8 Å². The van der Waals surface area contributed by atoms with E-state index >= 15 is 0 Å². The minimum Gasteiger partial charge on any atom is -0.370 e. The van der Waals surface area contributed by atoms with Crippen molar-refractivity contribution < 1.29 is 9.53 Å². The largest absolute Gasteiger partial charge is 0.370 e. The molecule has 2 aliphatic heterocycles. The van der Waals surface area contributed by atoms with Gasteiger partial charge in [0.15, 0.2) is 0 Å². The summed E-state index contributed by atoms with van der Waals surface area (Å²) < 4.78 is 7.85. The number of hydrogen-bond acceptors (Lipinski definition) is 7. The molecule has 0 aromatic carbocycles. The van der Waals surface area contributed by atoms with Crippen molar-refractivity contribution >= 4 is 17.5 Å². The number of piperazine rings is 1. The molecule has 1 unspecified atom stereocenters. The third kappa shape index (κ3) is 3.73. The van der Waals surface area contributed by atoms with Crippen LogP contribution in [0, 0.1) is 0 Å². The molecule has 0 radical (unpaired) electrons. The van der Waals surface area contributed by atoms with Gasteiger partial charge in [0.25, 0.3) is 0 Å². The first-order valence-corrected chi connectivity index (χ1v) is 9.34. The molecule has 0 N–H and O–H groups in total. The Morgan fingerprint density at radius 2 is 2.00 bits per heavy atom. The van der Waals surface area contributed by atoms with E-state index < -0.39 is 0 Å². The summed E-state index contributed by atoms with van der Waals surface area (Å²) in [6, 6.07) is 1.97. The second-order valence-electron chi connectivity index (χ2n) is 6.91. The Labute approximate surface area is 158 Å². The first kappa shape index (κ1) is 17.7. The molecule has 1 atom stereocenters. The summed E-state index contributed by atoms with van der Waals surface area (Å²) in [5.41, 5.74) is 1.08. The van der Waals surface area contributed by atoms with Crippen molar-refractivity contribution in [1.82, 2.24) is 24.6 Å². The summed E-state index contributed by atoms with van der Waals surface area (Å²) in [7, 11) is 1.83. The Hall–Kier alpha value is -2.68. The molecule has 4 rings (SSSR count). The maximum absolute atomic E-state index is 12.0. The van der Waals surface area contributed by atoms with Crippen molar-refractivity contribution in [1.29, 1.82) is 0 Å². The molecule has 2 aliphatic rings. The molecule has 9 nitrogen and oxygen atoms in total. The van der Waals surface area contributed by atoms with Crippen molar-refractivity contribution in [2.75, 3.05) is 56.2 Å². The predicted molar refractivity (Wildman–Crippen MR) is 101 cm³/mol. The third-order valence-corrected chi connectivity index (χ3v) is 5.16. The van der Waals surface area contributed by atoms with Crippen LogP contribution < -0.4 is 9.80 Å². The van der Waals surface area contributed by atoms with Crippen LogP contribution >= 0.6 is 0 Å². The van der Waals surface area contributed by atoms with Gasteiger partial charge >= 0.3 is 0 Å².